The Balaban J connectivity index is 2.17. The molecule has 2 aliphatic rings. The van der Waals surface area contributed by atoms with E-state index in [0.717, 1.165) is 5.57 Å². The predicted molar refractivity (Wildman–Crippen MR) is 79.1 cm³/mol. The number of hydrogen-bond acceptors (Lipinski definition) is 7. The maximum absolute atomic E-state index is 11.5. The van der Waals surface area contributed by atoms with Crippen LogP contribution in [0, 0.1) is 5.92 Å². The van der Waals surface area contributed by atoms with Crippen molar-refractivity contribution in [3.8, 4) is 0 Å². The second-order valence-corrected chi connectivity index (χ2v) is 5.85. The Morgan fingerprint density at radius 2 is 2.09 bits per heavy atom. The molecule has 0 bridgehead atoms. The molecule has 2 heterocycles. The molecule has 0 radical (unpaired) electrons. The molecule has 2 fully saturated rings. The van der Waals surface area contributed by atoms with Crippen LogP contribution in [0.25, 0.3) is 0 Å². The Morgan fingerprint density at radius 3 is 2.65 bits per heavy atom. The van der Waals surface area contributed by atoms with Gasteiger partial charge < -0.3 is 23.7 Å². The SMILES string of the molecule is COC(=O)/C=C1/CO[C@H]([C@H]2COC(C)(C)O2)[C@H]1/C=C/OC(C)=O. The summed E-state index contributed by atoms with van der Waals surface area (Å²) in [6.07, 6.45) is 3.77. The zero-order chi connectivity index (χ0) is 17.0. The molecule has 3 atom stereocenters. The minimum absolute atomic E-state index is 0.268. The van der Waals surface area contributed by atoms with E-state index in [0.29, 0.717) is 6.61 Å². The third-order valence-corrected chi connectivity index (χ3v) is 3.65. The summed E-state index contributed by atoms with van der Waals surface area (Å²) in [5.74, 6) is -1.82. The molecule has 0 aromatic carbocycles. The van der Waals surface area contributed by atoms with Crippen LogP contribution in [0.5, 0.6) is 0 Å². The van der Waals surface area contributed by atoms with Crippen molar-refractivity contribution >= 4 is 11.9 Å². The van der Waals surface area contributed by atoms with E-state index >= 15 is 0 Å². The van der Waals surface area contributed by atoms with E-state index in [4.69, 9.17) is 18.9 Å². The Morgan fingerprint density at radius 1 is 1.35 bits per heavy atom. The highest BCUT2D eigenvalue weighted by Gasteiger charge is 2.44. The maximum atomic E-state index is 11.5. The molecule has 7 heteroatoms. The fourth-order valence-corrected chi connectivity index (χ4v) is 2.62. The first-order chi connectivity index (χ1) is 10.8. The van der Waals surface area contributed by atoms with E-state index in [9.17, 15) is 9.59 Å². The van der Waals surface area contributed by atoms with E-state index < -0.39 is 17.7 Å². The van der Waals surface area contributed by atoms with Crippen molar-refractivity contribution in [2.75, 3.05) is 20.3 Å². The number of carbonyl (C=O) groups excluding carboxylic acids is 2. The minimum Gasteiger partial charge on any atom is -0.466 e. The molecule has 0 amide bonds. The van der Waals surface area contributed by atoms with Crippen LogP contribution < -0.4 is 0 Å². The van der Waals surface area contributed by atoms with Crippen LogP contribution in [-0.4, -0.2) is 50.3 Å². The second-order valence-electron chi connectivity index (χ2n) is 5.85. The Hall–Kier alpha value is -1.70. The van der Waals surface area contributed by atoms with Crippen molar-refractivity contribution in [2.45, 2.75) is 38.8 Å². The normalized spacial score (nSPS) is 31.7. The molecule has 0 aromatic heterocycles. The fraction of sp³-hybridized carbons (Fsp3) is 0.625. The molecule has 2 saturated heterocycles. The van der Waals surface area contributed by atoms with Crippen LogP contribution >= 0.6 is 0 Å². The number of esters is 2. The zero-order valence-corrected chi connectivity index (χ0v) is 13.7. The summed E-state index contributed by atoms with van der Waals surface area (Å²) in [7, 11) is 1.31. The smallest absolute Gasteiger partial charge is 0.330 e. The lowest BCUT2D eigenvalue weighted by Crippen LogP contribution is -2.34. The van der Waals surface area contributed by atoms with Gasteiger partial charge in [-0.3, -0.25) is 4.79 Å². The summed E-state index contributed by atoms with van der Waals surface area (Å²) >= 11 is 0. The van der Waals surface area contributed by atoms with E-state index in [2.05, 4.69) is 4.74 Å². The Labute approximate surface area is 135 Å². The predicted octanol–water partition coefficient (Wildman–Crippen LogP) is 1.33. The van der Waals surface area contributed by atoms with Gasteiger partial charge >= 0.3 is 11.9 Å². The highest BCUT2D eigenvalue weighted by molar-refractivity contribution is 5.83. The van der Waals surface area contributed by atoms with E-state index in [1.165, 1.54) is 26.4 Å². The zero-order valence-electron chi connectivity index (χ0n) is 13.7. The first kappa shape index (κ1) is 17.7. The van der Waals surface area contributed by atoms with Gasteiger partial charge in [0.15, 0.2) is 5.79 Å². The van der Waals surface area contributed by atoms with Gasteiger partial charge in [-0.1, -0.05) is 0 Å². The molecule has 23 heavy (non-hydrogen) atoms. The topological polar surface area (TPSA) is 80.3 Å². The van der Waals surface area contributed by atoms with Gasteiger partial charge in [-0.05, 0) is 25.5 Å². The van der Waals surface area contributed by atoms with Crippen molar-refractivity contribution in [3.63, 3.8) is 0 Å². The quantitative estimate of drug-likeness (QED) is 0.438. The van der Waals surface area contributed by atoms with E-state index in [1.807, 2.05) is 13.8 Å². The molecule has 2 rings (SSSR count). The van der Waals surface area contributed by atoms with Gasteiger partial charge in [-0.2, -0.15) is 0 Å². The molecule has 0 saturated carbocycles. The number of ether oxygens (including phenoxy) is 5. The summed E-state index contributed by atoms with van der Waals surface area (Å²) in [6, 6.07) is 0. The molecular formula is C16H22O7. The molecule has 0 unspecified atom stereocenters. The maximum Gasteiger partial charge on any atom is 0.330 e. The van der Waals surface area contributed by atoms with Crippen molar-refractivity contribution < 1.29 is 33.3 Å². The summed E-state index contributed by atoms with van der Waals surface area (Å²) in [5.41, 5.74) is 0.735. The van der Waals surface area contributed by atoms with E-state index in [1.54, 1.807) is 6.08 Å². The second kappa shape index (κ2) is 7.25. The molecule has 0 aromatic rings. The number of carbonyl (C=O) groups is 2. The van der Waals surface area contributed by atoms with Gasteiger partial charge in [-0.15, -0.1) is 0 Å². The highest BCUT2D eigenvalue weighted by atomic mass is 16.7. The van der Waals surface area contributed by atoms with Crippen molar-refractivity contribution in [1.82, 2.24) is 0 Å². The van der Waals surface area contributed by atoms with Gasteiger partial charge in [0.2, 0.25) is 0 Å². The van der Waals surface area contributed by atoms with Gasteiger partial charge in [0.1, 0.15) is 6.10 Å². The first-order valence-corrected chi connectivity index (χ1v) is 7.38. The lowest BCUT2D eigenvalue weighted by Gasteiger charge is -2.23. The van der Waals surface area contributed by atoms with Crippen molar-refractivity contribution in [3.05, 3.63) is 24.0 Å². The van der Waals surface area contributed by atoms with Gasteiger partial charge in [0.25, 0.3) is 0 Å². The third kappa shape index (κ3) is 4.63. The summed E-state index contributed by atoms with van der Waals surface area (Å²) in [6.45, 7) is 5.64. The number of hydrogen-bond donors (Lipinski definition) is 0. The molecule has 128 valence electrons. The lowest BCUT2D eigenvalue weighted by molar-refractivity contribution is -0.153. The Kier molecular flexibility index (Phi) is 5.56. The molecule has 7 nitrogen and oxygen atoms in total. The van der Waals surface area contributed by atoms with E-state index in [-0.39, 0.29) is 24.7 Å². The van der Waals surface area contributed by atoms with Crippen LogP contribution in [-0.2, 0) is 33.3 Å². The van der Waals surface area contributed by atoms with Gasteiger partial charge in [-0.25, -0.2) is 4.79 Å². The van der Waals surface area contributed by atoms with Gasteiger partial charge in [0, 0.05) is 18.9 Å². The average molecular weight is 326 g/mol. The molecule has 2 aliphatic heterocycles. The van der Waals surface area contributed by atoms with Crippen LogP contribution in [0.15, 0.2) is 24.0 Å². The largest absolute Gasteiger partial charge is 0.466 e. The Bertz CT molecular complexity index is 521. The highest BCUT2D eigenvalue weighted by Crippen LogP contribution is 2.36. The van der Waals surface area contributed by atoms with Gasteiger partial charge in [0.05, 0.1) is 32.7 Å². The molecule has 0 spiro atoms. The summed E-state index contributed by atoms with van der Waals surface area (Å²) in [4.78, 5) is 22.4. The number of rotatable bonds is 4. The van der Waals surface area contributed by atoms with Crippen LogP contribution in [0.2, 0.25) is 0 Å². The summed E-state index contributed by atoms with van der Waals surface area (Å²) in [5, 5.41) is 0. The lowest BCUT2D eigenvalue weighted by atomic mass is 9.93. The molecular weight excluding hydrogens is 304 g/mol. The van der Waals surface area contributed by atoms with Crippen LogP contribution in [0.1, 0.15) is 20.8 Å². The monoisotopic (exact) mass is 326 g/mol. The van der Waals surface area contributed by atoms with Crippen LogP contribution in [0.4, 0.5) is 0 Å². The fourth-order valence-electron chi connectivity index (χ4n) is 2.62. The molecule has 0 N–H and O–H groups in total. The molecule has 0 aliphatic carbocycles. The first-order valence-electron chi connectivity index (χ1n) is 7.38. The number of methoxy groups -OCH3 is 1. The minimum atomic E-state index is -0.674. The summed E-state index contributed by atoms with van der Waals surface area (Å²) < 4.78 is 26.7. The third-order valence-electron chi connectivity index (χ3n) is 3.65. The van der Waals surface area contributed by atoms with Crippen LogP contribution in [0.3, 0.4) is 0 Å². The van der Waals surface area contributed by atoms with Crippen molar-refractivity contribution in [2.24, 2.45) is 5.92 Å². The average Bonchev–Trinajstić information content (AvgIpc) is 3.02. The van der Waals surface area contributed by atoms with Crippen molar-refractivity contribution in [1.29, 1.82) is 0 Å². The standard InChI is InChI=1S/C16H22O7/c1-10(17)20-6-5-12-11(7-14(18)19-4)8-21-15(12)13-9-22-16(2,3)23-13/h5-7,12-13,15H,8-9H2,1-4H3/b6-5+,11-7-/t12-,13+,15-/m0/s1.